The van der Waals surface area contributed by atoms with Crippen molar-refractivity contribution in [3.8, 4) is 0 Å². The number of allylic oxidation sites excluding steroid dienone is 3. The molecule has 0 unspecified atom stereocenters. The van der Waals surface area contributed by atoms with E-state index in [1.807, 2.05) is 27.7 Å². The van der Waals surface area contributed by atoms with Gasteiger partial charge in [0.2, 0.25) is 0 Å². The van der Waals surface area contributed by atoms with Crippen LogP contribution in [0.5, 0.6) is 0 Å². The Balaban J connectivity index is 3.13. The lowest BCUT2D eigenvalue weighted by molar-refractivity contribution is -0.115. The summed E-state index contributed by atoms with van der Waals surface area (Å²) < 4.78 is 0. The number of rotatable bonds is 1. The summed E-state index contributed by atoms with van der Waals surface area (Å²) in [6.07, 6.45) is 0. The normalized spacial score (nSPS) is 18.9. The van der Waals surface area contributed by atoms with Gasteiger partial charge in [-0.2, -0.15) is 0 Å². The maximum absolute atomic E-state index is 11.3. The molecular weight excluding hydrogens is 180 g/mol. The number of carbonyl (C=O) groups excluding carboxylic acids is 2. The molecule has 1 saturated heterocycles. The molecule has 0 aliphatic carbocycles. The van der Waals surface area contributed by atoms with E-state index in [1.54, 1.807) is 0 Å². The molecule has 0 aromatic rings. The Kier molecular flexibility index (Phi) is 2.74. The summed E-state index contributed by atoms with van der Waals surface area (Å²) in [5, 5.41) is 4.66. The van der Waals surface area contributed by atoms with E-state index in [0.29, 0.717) is 5.70 Å². The first-order valence-electron chi connectivity index (χ1n) is 4.41. The van der Waals surface area contributed by atoms with Crippen LogP contribution in [0.15, 0.2) is 22.4 Å². The van der Waals surface area contributed by atoms with Crippen LogP contribution >= 0.6 is 0 Å². The summed E-state index contributed by atoms with van der Waals surface area (Å²) in [7, 11) is 0. The second-order valence-electron chi connectivity index (χ2n) is 3.53. The standard InChI is InChI=1S/C10H14N2O2/c1-5(2)6(3)7(4)8-9(13)12-10(14)11-8/h1-4H3,(H2,11,12,13,14)/b8-7-. The molecular formula is C10H14N2O2. The first-order valence-corrected chi connectivity index (χ1v) is 4.41. The number of hydrogen-bond acceptors (Lipinski definition) is 2. The van der Waals surface area contributed by atoms with Crippen molar-refractivity contribution in [2.45, 2.75) is 27.7 Å². The number of urea groups is 1. The van der Waals surface area contributed by atoms with Gasteiger partial charge in [0.05, 0.1) is 0 Å². The van der Waals surface area contributed by atoms with Crippen molar-refractivity contribution in [2.75, 3.05) is 0 Å². The minimum atomic E-state index is -0.453. The highest BCUT2D eigenvalue weighted by molar-refractivity contribution is 6.12. The number of carbonyl (C=O) groups is 2. The second kappa shape index (κ2) is 3.65. The Morgan fingerprint density at radius 2 is 1.57 bits per heavy atom. The van der Waals surface area contributed by atoms with Crippen LogP contribution < -0.4 is 10.6 Å². The van der Waals surface area contributed by atoms with Gasteiger partial charge < -0.3 is 5.32 Å². The zero-order valence-electron chi connectivity index (χ0n) is 8.82. The SMILES string of the molecule is CC(C)=C(C)/C(C)=C1\NC(=O)NC1=O. The third-order valence-electron chi connectivity index (χ3n) is 2.38. The van der Waals surface area contributed by atoms with Gasteiger partial charge in [0.25, 0.3) is 5.91 Å². The van der Waals surface area contributed by atoms with Crippen LogP contribution in [0.4, 0.5) is 4.79 Å². The molecule has 1 heterocycles. The zero-order valence-corrected chi connectivity index (χ0v) is 8.82. The molecule has 1 aliphatic heterocycles. The Morgan fingerprint density at radius 3 is 1.93 bits per heavy atom. The monoisotopic (exact) mass is 194 g/mol. The van der Waals surface area contributed by atoms with E-state index in [2.05, 4.69) is 10.6 Å². The molecule has 0 aromatic carbocycles. The molecule has 0 bridgehead atoms. The van der Waals surface area contributed by atoms with E-state index < -0.39 is 6.03 Å². The van der Waals surface area contributed by atoms with Crippen LogP contribution in [0, 0.1) is 0 Å². The third-order valence-corrected chi connectivity index (χ3v) is 2.38. The summed E-state index contributed by atoms with van der Waals surface area (Å²) >= 11 is 0. The summed E-state index contributed by atoms with van der Waals surface area (Å²) in [5.41, 5.74) is 3.32. The Labute approximate surface area is 83.1 Å². The molecule has 0 aromatic heterocycles. The fraction of sp³-hybridized carbons (Fsp3) is 0.400. The lowest BCUT2D eigenvalue weighted by Gasteiger charge is -2.06. The average molecular weight is 194 g/mol. The predicted octanol–water partition coefficient (Wildman–Crippen LogP) is 1.46. The number of amides is 3. The highest BCUT2D eigenvalue weighted by atomic mass is 16.2. The van der Waals surface area contributed by atoms with Crippen molar-refractivity contribution in [3.63, 3.8) is 0 Å². The van der Waals surface area contributed by atoms with Crippen molar-refractivity contribution >= 4 is 11.9 Å². The molecule has 1 fully saturated rings. The third kappa shape index (κ3) is 1.84. The molecule has 76 valence electrons. The number of hydrogen-bond donors (Lipinski definition) is 2. The topological polar surface area (TPSA) is 58.2 Å². The molecule has 4 nitrogen and oxygen atoms in total. The Morgan fingerprint density at radius 1 is 1.00 bits per heavy atom. The lowest BCUT2D eigenvalue weighted by atomic mass is 10.0. The molecule has 1 aliphatic rings. The molecule has 0 saturated carbocycles. The van der Waals surface area contributed by atoms with Gasteiger partial charge in [0.15, 0.2) is 0 Å². The maximum atomic E-state index is 11.3. The van der Waals surface area contributed by atoms with Crippen molar-refractivity contribution in [3.05, 3.63) is 22.4 Å². The van der Waals surface area contributed by atoms with E-state index in [-0.39, 0.29) is 5.91 Å². The van der Waals surface area contributed by atoms with Gasteiger partial charge in [-0.25, -0.2) is 4.79 Å². The maximum Gasteiger partial charge on any atom is 0.326 e. The van der Waals surface area contributed by atoms with Crippen LogP contribution in [0.1, 0.15) is 27.7 Å². The highest BCUT2D eigenvalue weighted by Crippen LogP contribution is 2.17. The van der Waals surface area contributed by atoms with Crippen LogP contribution in [0.25, 0.3) is 0 Å². The van der Waals surface area contributed by atoms with Gasteiger partial charge in [-0.15, -0.1) is 0 Å². The van der Waals surface area contributed by atoms with E-state index >= 15 is 0 Å². The zero-order chi connectivity index (χ0) is 10.9. The fourth-order valence-electron chi connectivity index (χ4n) is 1.19. The molecule has 3 amide bonds. The molecule has 4 heteroatoms. The molecule has 0 radical (unpaired) electrons. The molecule has 0 atom stereocenters. The van der Waals surface area contributed by atoms with Gasteiger partial charge in [-0.3, -0.25) is 10.1 Å². The van der Waals surface area contributed by atoms with Gasteiger partial charge in [-0.1, -0.05) is 5.57 Å². The van der Waals surface area contributed by atoms with E-state index in [9.17, 15) is 9.59 Å². The van der Waals surface area contributed by atoms with Crippen molar-refractivity contribution in [2.24, 2.45) is 0 Å². The summed E-state index contributed by atoms with van der Waals surface area (Å²) in [4.78, 5) is 22.1. The Hall–Kier alpha value is -1.58. The first-order chi connectivity index (χ1) is 6.43. The molecule has 1 rings (SSSR count). The highest BCUT2D eigenvalue weighted by Gasteiger charge is 2.25. The van der Waals surface area contributed by atoms with E-state index in [0.717, 1.165) is 16.7 Å². The van der Waals surface area contributed by atoms with E-state index in [1.165, 1.54) is 0 Å². The fourth-order valence-corrected chi connectivity index (χ4v) is 1.19. The van der Waals surface area contributed by atoms with Crippen LogP contribution in [-0.2, 0) is 4.79 Å². The predicted molar refractivity (Wildman–Crippen MR) is 53.4 cm³/mol. The quantitative estimate of drug-likeness (QED) is 0.490. The van der Waals surface area contributed by atoms with E-state index in [4.69, 9.17) is 0 Å². The smallest absolute Gasteiger partial charge is 0.303 e. The largest absolute Gasteiger partial charge is 0.326 e. The lowest BCUT2D eigenvalue weighted by Crippen LogP contribution is -2.22. The van der Waals surface area contributed by atoms with Gasteiger partial charge in [-0.05, 0) is 38.8 Å². The number of nitrogens with one attached hydrogen (secondary N) is 2. The Bertz CT molecular complexity index is 360. The van der Waals surface area contributed by atoms with Gasteiger partial charge in [0.1, 0.15) is 5.70 Å². The minimum Gasteiger partial charge on any atom is -0.303 e. The van der Waals surface area contributed by atoms with Crippen molar-refractivity contribution in [1.29, 1.82) is 0 Å². The van der Waals surface area contributed by atoms with Gasteiger partial charge >= 0.3 is 6.03 Å². The first kappa shape index (κ1) is 10.5. The van der Waals surface area contributed by atoms with Gasteiger partial charge in [0, 0.05) is 0 Å². The molecule has 14 heavy (non-hydrogen) atoms. The summed E-state index contributed by atoms with van der Waals surface area (Å²) in [6.45, 7) is 7.68. The molecule has 0 spiro atoms. The molecule has 2 N–H and O–H groups in total. The summed E-state index contributed by atoms with van der Waals surface area (Å²) in [5.74, 6) is -0.354. The van der Waals surface area contributed by atoms with Crippen LogP contribution in [-0.4, -0.2) is 11.9 Å². The number of imide groups is 1. The minimum absolute atomic E-state index is 0.354. The van der Waals surface area contributed by atoms with Crippen LogP contribution in [0.3, 0.4) is 0 Å². The van der Waals surface area contributed by atoms with Crippen molar-refractivity contribution in [1.82, 2.24) is 10.6 Å². The van der Waals surface area contributed by atoms with Crippen LogP contribution in [0.2, 0.25) is 0 Å². The summed E-state index contributed by atoms with van der Waals surface area (Å²) in [6, 6.07) is -0.453. The second-order valence-corrected chi connectivity index (χ2v) is 3.53. The average Bonchev–Trinajstić information content (AvgIpc) is 2.42. The van der Waals surface area contributed by atoms with Crippen molar-refractivity contribution < 1.29 is 9.59 Å².